The zero-order chi connectivity index (χ0) is 24.5. The normalized spacial score (nSPS) is 10.9. The molecule has 0 heterocycles. The van der Waals surface area contributed by atoms with Crippen LogP contribution in [0.4, 0.5) is 0 Å². The highest BCUT2D eigenvalue weighted by molar-refractivity contribution is 14.1. The molecule has 0 aromatic heterocycles. The molecule has 0 saturated heterocycles. The van der Waals surface area contributed by atoms with Gasteiger partial charge in [0.1, 0.15) is 12.4 Å². The molecule has 4 rings (SSSR count). The van der Waals surface area contributed by atoms with E-state index in [1.54, 1.807) is 7.11 Å². The van der Waals surface area contributed by atoms with E-state index in [-0.39, 0.29) is 17.7 Å². The van der Waals surface area contributed by atoms with Crippen LogP contribution in [0.2, 0.25) is 0 Å². The summed E-state index contributed by atoms with van der Waals surface area (Å²) >= 11 is 2.25. The van der Waals surface area contributed by atoms with Crippen LogP contribution < -0.4 is 14.2 Å². The maximum atomic E-state index is 6.11. The fourth-order valence-corrected chi connectivity index (χ4v) is 6.45. The number of halogens is 1. The van der Waals surface area contributed by atoms with Crippen molar-refractivity contribution in [1.82, 2.24) is 0 Å². The molecule has 35 heavy (non-hydrogen) atoms. The summed E-state index contributed by atoms with van der Waals surface area (Å²) in [5, 5.41) is 0. The third-order valence-corrected chi connectivity index (χ3v) is 8.23. The van der Waals surface area contributed by atoms with Gasteiger partial charge in [0.15, 0.2) is 33.0 Å². The van der Waals surface area contributed by atoms with Crippen LogP contribution in [0.3, 0.4) is 0 Å². The predicted molar refractivity (Wildman–Crippen MR) is 149 cm³/mol. The summed E-state index contributed by atoms with van der Waals surface area (Å²) in [4.78, 5) is 3.84. The predicted octanol–water partition coefficient (Wildman–Crippen LogP) is 7.35. The first kappa shape index (κ1) is 25.4. The number of hydrogen-bond acceptors (Lipinski definition) is 4. The molecule has 0 radical (unpaired) electrons. The average molecular weight is 600 g/mol. The van der Waals surface area contributed by atoms with Crippen molar-refractivity contribution in [1.29, 1.82) is 0 Å². The molecule has 0 aliphatic carbocycles. The van der Waals surface area contributed by atoms with Crippen LogP contribution in [0.25, 0.3) is 0 Å². The van der Waals surface area contributed by atoms with Crippen LogP contribution in [-0.2, 0) is 22.2 Å². The minimum Gasteiger partial charge on any atom is -0.493 e. The van der Waals surface area contributed by atoms with Crippen LogP contribution in [0.5, 0.6) is 17.2 Å². The Bertz CT molecular complexity index is 1160. The standard InChI is InChI=1S/C29H28IO4S/c1-3-32-21-34-29-27(30)18-22(19-28(29)31-2)20-33-23-14-16-26(17-15-23)35(24-10-6-4-7-11-24)25-12-8-5-9-13-25/h4-19H,3,20-21H2,1-2H3/q+1. The van der Waals surface area contributed by atoms with Gasteiger partial charge in [0, 0.05) is 6.61 Å². The van der Waals surface area contributed by atoms with Gasteiger partial charge in [-0.25, -0.2) is 0 Å². The lowest BCUT2D eigenvalue weighted by atomic mass is 10.2. The van der Waals surface area contributed by atoms with Gasteiger partial charge in [0.05, 0.1) is 21.6 Å². The van der Waals surface area contributed by atoms with E-state index in [9.17, 15) is 0 Å². The third-order valence-electron chi connectivity index (χ3n) is 5.20. The zero-order valence-electron chi connectivity index (χ0n) is 19.8. The van der Waals surface area contributed by atoms with Gasteiger partial charge in [-0.05, 0) is 95.7 Å². The largest absolute Gasteiger partial charge is 0.493 e. The monoisotopic (exact) mass is 599 g/mol. The first-order valence-corrected chi connectivity index (χ1v) is 13.6. The van der Waals surface area contributed by atoms with Crippen molar-refractivity contribution >= 4 is 33.5 Å². The number of ether oxygens (including phenoxy) is 4. The lowest BCUT2D eigenvalue weighted by Crippen LogP contribution is -2.06. The molecule has 0 spiro atoms. The maximum Gasteiger partial charge on any atom is 0.189 e. The summed E-state index contributed by atoms with van der Waals surface area (Å²) in [5.74, 6) is 2.17. The van der Waals surface area contributed by atoms with Crippen LogP contribution in [0, 0.1) is 3.57 Å². The molecule has 180 valence electrons. The average Bonchev–Trinajstić information content (AvgIpc) is 2.90. The zero-order valence-corrected chi connectivity index (χ0v) is 22.8. The molecule has 0 atom stereocenters. The minimum atomic E-state index is -0.174. The molecule has 0 N–H and O–H groups in total. The van der Waals surface area contributed by atoms with Crippen LogP contribution in [0.1, 0.15) is 12.5 Å². The lowest BCUT2D eigenvalue weighted by molar-refractivity contribution is 0.0203. The molecule has 4 nitrogen and oxygen atoms in total. The van der Waals surface area contributed by atoms with Crippen molar-refractivity contribution < 1.29 is 18.9 Å². The highest BCUT2D eigenvalue weighted by Gasteiger charge is 2.28. The summed E-state index contributed by atoms with van der Waals surface area (Å²) in [5.41, 5.74) is 1.01. The molecule has 0 amide bonds. The summed E-state index contributed by atoms with van der Waals surface area (Å²) in [6.45, 7) is 3.16. The van der Waals surface area contributed by atoms with Gasteiger partial charge in [-0.15, -0.1) is 0 Å². The molecule has 0 bridgehead atoms. The molecule has 0 aliphatic heterocycles. The Balaban J connectivity index is 1.49. The number of benzene rings is 4. The smallest absolute Gasteiger partial charge is 0.189 e. The fraction of sp³-hybridized carbons (Fsp3) is 0.172. The van der Waals surface area contributed by atoms with E-state index in [4.69, 9.17) is 18.9 Å². The van der Waals surface area contributed by atoms with Crippen LogP contribution >= 0.6 is 22.6 Å². The van der Waals surface area contributed by atoms with Crippen molar-refractivity contribution in [2.45, 2.75) is 28.2 Å². The first-order valence-electron chi connectivity index (χ1n) is 11.3. The second kappa shape index (κ2) is 12.9. The van der Waals surface area contributed by atoms with Crippen molar-refractivity contribution in [3.63, 3.8) is 0 Å². The third kappa shape index (κ3) is 6.72. The molecule has 0 fully saturated rings. The van der Waals surface area contributed by atoms with Gasteiger partial charge >= 0.3 is 0 Å². The van der Waals surface area contributed by atoms with Gasteiger partial charge in [0.25, 0.3) is 0 Å². The van der Waals surface area contributed by atoms with Crippen molar-refractivity contribution in [3.8, 4) is 17.2 Å². The molecule has 4 aromatic rings. The number of hydrogen-bond donors (Lipinski definition) is 0. The lowest BCUT2D eigenvalue weighted by Gasteiger charge is -2.15. The topological polar surface area (TPSA) is 36.9 Å². The SMILES string of the molecule is CCOCOc1c(I)cc(COc2ccc([S+](c3ccccc3)c3ccccc3)cc2)cc1OC. The quantitative estimate of drug-likeness (QED) is 0.0783. The molecule has 6 heteroatoms. The molecule has 4 aromatic carbocycles. The molecule has 0 saturated carbocycles. The molecule has 0 unspecified atom stereocenters. The summed E-state index contributed by atoms with van der Waals surface area (Å²) in [7, 11) is 1.46. The van der Waals surface area contributed by atoms with Crippen LogP contribution in [-0.4, -0.2) is 20.5 Å². The van der Waals surface area contributed by atoms with E-state index in [1.165, 1.54) is 14.7 Å². The van der Waals surface area contributed by atoms with Crippen molar-refractivity contribution in [3.05, 3.63) is 106 Å². The maximum absolute atomic E-state index is 6.11. The summed E-state index contributed by atoms with van der Waals surface area (Å²) < 4.78 is 23.6. The number of rotatable bonds is 11. The van der Waals surface area contributed by atoms with E-state index in [0.29, 0.717) is 24.7 Å². The molecular weight excluding hydrogens is 571 g/mol. The Labute approximate surface area is 223 Å². The van der Waals surface area contributed by atoms with Gasteiger partial charge < -0.3 is 18.9 Å². The Hall–Kier alpha value is -2.68. The summed E-state index contributed by atoms with van der Waals surface area (Å²) in [6.07, 6.45) is 0. The molecule has 0 aliphatic rings. The van der Waals surface area contributed by atoms with E-state index in [0.717, 1.165) is 14.9 Å². The van der Waals surface area contributed by atoms with Gasteiger partial charge in [-0.3, -0.25) is 0 Å². The van der Waals surface area contributed by atoms with Crippen LogP contribution in [0.15, 0.2) is 112 Å². The Morgan fingerprint density at radius 2 is 1.34 bits per heavy atom. The van der Waals surface area contributed by atoms with E-state index in [2.05, 4.69) is 95.4 Å². The van der Waals surface area contributed by atoms with E-state index in [1.807, 2.05) is 31.2 Å². The van der Waals surface area contributed by atoms with E-state index >= 15 is 0 Å². The highest BCUT2D eigenvalue weighted by Crippen LogP contribution is 2.35. The minimum absolute atomic E-state index is 0.174. The first-order chi connectivity index (χ1) is 17.2. The highest BCUT2D eigenvalue weighted by atomic mass is 127. The number of methoxy groups -OCH3 is 1. The second-order valence-electron chi connectivity index (χ2n) is 7.56. The second-order valence-corrected chi connectivity index (χ2v) is 10.7. The Kier molecular flexibility index (Phi) is 9.34. The van der Waals surface area contributed by atoms with Gasteiger partial charge in [-0.1, -0.05) is 36.4 Å². The van der Waals surface area contributed by atoms with Crippen molar-refractivity contribution in [2.24, 2.45) is 0 Å². The Morgan fingerprint density at radius 3 is 1.91 bits per heavy atom. The van der Waals surface area contributed by atoms with Gasteiger partial charge in [0.2, 0.25) is 0 Å². The summed E-state index contributed by atoms with van der Waals surface area (Å²) in [6, 6.07) is 33.7. The fourth-order valence-electron chi connectivity index (χ4n) is 3.54. The van der Waals surface area contributed by atoms with Crippen molar-refractivity contribution in [2.75, 3.05) is 20.5 Å². The van der Waals surface area contributed by atoms with Gasteiger partial charge in [-0.2, -0.15) is 0 Å². The van der Waals surface area contributed by atoms with E-state index < -0.39 is 0 Å². The Morgan fingerprint density at radius 1 is 0.743 bits per heavy atom. The molecular formula is C29H28IO4S+.